The SMILES string of the molecule is FCC(CF)n1cc(-c2cccc(-c3ncc(-c4cnn(C5CCNCC5)c4)cn3)c2)cn1. The van der Waals surface area contributed by atoms with Crippen molar-refractivity contribution in [2.24, 2.45) is 0 Å². The fraction of sp³-hybridized carbons (Fsp3) is 0.333. The van der Waals surface area contributed by atoms with E-state index in [0.29, 0.717) is 11.9 Å². The Balaban J connectivity index is 1.34. The fourth-order valence-electron chi connectivity index (χ4n) is 4.09. The van der Waals surface area contributed by atoms with Crippen LogP contribution in [0.1, 0.15) is 24.9 Å². The van der Waals surface area contributed by atoms with Crippen LogP contribution in [0.3, 0.4) is 0 Å². The summed E-state index contributed by atoms with van der Waals surface area (Å²) >= 11 is 0. The molecule has 1 saturated heterocycles. The van der Waals surface area contributed by atoms with Crippen LogP contribution in [0, 0.1) is 0 Å². The summed E-state index contributed by atoms with van der Waals surface area (Å²) in [6.45, 7) is 0.441. The molecule has 0 amide bonds. The van der Waals surface area contributed by atoms with Gasteiger partial charge in [-0.15, -0.1) is 0 Å². The molecule has 1 aliphatic heterocycles. The van der Waals surface area contributed by atoms with Crippen molar-refractivity contribution in [2.45, 2.75) is 24.9 Å². The summed E-state index contributed by atoms with van der Waals surface area (Å²) in [7, 11) is 0. The summed E-state index contributed by atoms with van der Waals surface area (Å²) in [4.78, 5) is 9.13. The van der Waals surface area contributed by atoms with Crippen molar-refractivity contribution in [1.29, 1.82) is 0 Å². The van der Waals surface area contributed by atoms with E-state index in [1.165, 1.54) is 4.68 Å². The first-order valence-electron chi connectivity index (χ1n) is 11.1. The molecule has 170 valence electrons. The predicted molar refractivity (Wildman–Crippen MR) is 122 cm³/mol. The minimum atomic E-state index is -0.892. The average Bonchev–Trinajstić information content (AvgIpc) is 3.57. The Morgan fingerprint density at radius 1 is 0.848 bits per heavy atom. The molecule has 3 aromatic heterocycles. The van der Waals surface area contributed by atoms with Crippen LogP contribution in [-0.2, 0) is 0 Å². The maximum atomic E-state index is 13.0. The molecule has 4 heterocycles. The van der Waals surface area contributed by atoms with E-state index in [4.69, 9.17) is 0 Å². The number of hydrogen-bond donors (Lipinski definition) is 1. The molecular weight excluding hydrogens is 424 g/mol. The number of alkyl halides is 2. The second kappa shape index (κ2) is 9.58. The molecule has 1 fully saturated rings. The Bertz CT molecular complexity index is 1190. The van der Waals surface area contributed by atoms with Gasteiger partial charge in [0.15, 0.2) is 5.82 Å². The third kappa shape index (κ3) is 4.54. The van der Waals surface area contributed by atoms with E-state index in [-0.39, 0.29) is 0 Å². The number of rotatable bonds is 7. The van der Waals surface area contributed by atoms with Crippen LogP contribution in [0.4, 0.5) is 8.78 Å². The highest BCUT2D eigenvalue weighted by molar-refractivity contribution is 5.70. The van der Waals surface area contributed by atoms with E-state index in [0.717, 1.165) is 53.7 Å². The molecular formula is C24H25F2N7. The molecule has 1 N–H and O–H groups in total. The van der Waals surface area contributed by atoms with Crippen LogP contribution >= 0.6 is 0 Å². The van der Waals surface area contributed by atoms with Gasteiger partial charge >= 0.3 is 0 Å². The van der Waals surface area contributed by atoms with Crippen molar-refractivity contribution in [3.05, 3.63) is 61.4 Å². The van der Waals surface area contributed by atoms with Crippen molar-refractivity contribution in [2.75, 3.05) is 26.4 Å². The number of hydrogen-bond acceptors (Lipinski definition) is 5. The normalized spacial score (nSPS) is 14.8. The van der Waals surface area contributed by atoms with Gasteiger partial charge in [0.1, 0.15) is 19.4 Å². The Morgan fingerprint density at radius 3 is 2.30 bits per heavy atom. The first-order chi connectivity index (χ1) is 16.2. The lowest BCUT2D eigenvalue weighted by Gasteiger charge is -2.22. The minimum Gasteiger partial charge on any atom is -0.317 e. The lowest BCUT2D eigenvalue weighted by Crippen LogP contribution is -2.29. The van der Waals surface area contributed by atoms with E-state index in [2.05, 4.69) is 31.7 Å². The summed E-state index contributed by atoms with van der Waals surface area (Å²) in [6, 6.07) is 7.25. The second-order valence-electron chi connectivity index (χ2n) is 8.24. The van der Waals surface area contributed by atoms with E-state index < -0.39 is 19.4 Å². The average molecular weight is 450 g/mol. The van der Waals surface area contributed by atoms with Crippen LogP contribution < -0.4 is 5.32 Å². The monoisotopic (exact) mass is 449 g/mol. The standard InChI is InChI=1S/C24H25F2N7/c25-9-23(10-26)33-15-20(13-31-33)17-2-1-3-18(8-17)24-28-11-19(12-29-24)21-14-30-32(16-21)22-4-6-27-7-5-22/h1-3,8,11-16,22-23,27H,4-7,9-10H2. The Kier molecular flexibility index (Phi) is 6.21. The Hall–Kier alpha value is -3.46. The van der Waals surface area contributed by atoms with Crippen LogP contribution in [0.5, 0.6) is 0 Å². The smallest absolute Gasteiger partial charge is 0.159 e. The van der Waals surface area contributed by atoms with Gasteiger partial charge < -0.3 is 5.32 Å². The molecule has 0 atom stereocenters. The van der Waals surface area contributed by atoms with E-state index >= 15 is 0 Å². The third-order valence-electron chi connectivity index (χ3n) is 6.06. The zero-order valence-corrected chi connectivity index (χ0v) is 18.1. The molecule has 9 heteroatoms. The molecule has 0 aliphatic carbocycles. The first kappa shape index (κ1) is 21.4. The lowest BCUT2D eigenvalue weighted by molar-refractivity contribution is 0.272. The predicted octanol–water partition coefficient (Wildman–Crippen LogP) is 4.28. The van der Waals surface area contributed by atoms with E-state index in [9.17, 15) is 8.78 Å². The maximum Gasteiger partial charge on any atom is 0.159 e. The van der Waals surface area contributed by atoms with Crippen LogP contribution in [0.2, 0.25) is 0 Å². The van der Waals surface area contributed by atoms with E-state index in [1.807, 2.05) is 47.5 Å². The van der Waals surface area contributed by atoms with Gasteiger partial charge in [-0.25, -0.2) is 18.7 Å². The number of aromatic nitrogens is 6. The molecule has 0 radical (unpaired) electrons. The number of nitrogens with zero attached hydrogens (tertiary/aromatic N) is 6. The molecule has 4 aromatic rings. The summed E-state index contributed by atoms with van der Waals surface area (Å²) in [5.74, 6) is 0.601. The van der Waals surface area contributed by atoms with Gasteiger partial charge in [0.2, 0.25) is 0 Å². The molecule has 0 saturated carbocycles. The largest absolute Gasteiger partial charge is 0.317 e. The molecule has 1 aliphatic rings. The second-order valence-corrected chi connectivity index (χ2v) is 8.24. The maximum absolute atomic E-state index is 13.0. The van der Waals surface area contributed by atoms with Crippen molar-refractivity contribution in [3.8, 4) is 33.6 Å². The highest BCUT2D eigenvalue weighted by Gasteiger charge is 2.16. The molecule has 1 aromatic carbocycles. The van der Waals surface area contributed by atoms with Gasteiger partial charge in [-0.3, -0.25) is 9.36 Å². The highest BCUT2D eigenvalue weighted by atomic mass is 19.1. The number of piperidine rings is 1. The summed E-state index contributed by atoms with van der Waals surface area (Å²) in [5, 5.41) is 12.0. The summed E-state index contributed by atoms with van der Waals surface area (Å²) in [6.07, 6.45) is 13.0. The number of halogens is 2. The minimum absolute atomic E-state index is 0.428. The van der Waals surface area contributed by atoms with Crippen LogP contribution in [0.15, 0.2) is 61.4 Å². The van der Waals surface area contributed by atoms with Crippen LogP contribution in [0.25, 0.3) is 33.6 Å². The van der Waals surface area contributed by atoms with Crippen LogP contribution in [-0.4, -0.2) is 56.0 Å². The molecule has 0 bridgehead atoms. The zero-order chi connectivity index (χ0) is 22.6. The molecule has 0 unspecified atom stereocenters. The molecule has 5 rings (SSSR count). The van der Waals surface area contributed by atoms with Gasteiger partial charge in [-0.05, 0) is 37.6 Å². The Labute approximate surface area is 190 Å². The highest BCUT2D eigenvalue weighted by Crippen LogP contribution is 2.27. The van der Waals surface area contributed by atoms with Gasteiger partial charge in [-0.1, -0.05) is 18.2 Å². The van der Waals surface area contributed by atoms with Gasteiger partial charge in [-0.2, -0.15) is 10.2 Å². The van der Waals surface area contributed by atoms with Crippen molar-refractivity contribution >= 4 is 0 Å². The molecule has 33 heavy (non-hydrogen) atoms. The van der Waals surface area contributed by atoms with Crippen molar-refractivity contribution < 1.29 is 8.78 Å². The van der Waals surface area contributed by atoms with Gasteiger partial charge in [0.25, 0.3) is 0 Å². The molecule has 0 spiro atoms. The van der Waals surface area contributed by atoms with Gasteiger partial charge in [0, 0.05) is 47.0 Å². The zero-order valence-electron chi connectivity index (χ0n) is 18.1. The first-order valence-corrected chi connectivity index (χ1v) is 11.1. The van der Waals surface area contributed by atoms with Gasteiger partial charge in [0.05, 0.1) is 18.4 Å². The third-order valence-corrected chi connectivity index (χ3v) is 6.06. The van der Waals surface area contributed by atoms with Crippen molar-refractivity contribution in [1.82, 2.24) is 34.8 Å². The molecule has 7 nitrogen and oxygen atoms in total. The van der Waals surface area contributed by atoms with Crippen molar-refractivity contribution in [3.63, 3.8) is 0 Å². The van der Waals surface area contributed by atoms with E-state index in [1.54, 1.807) is 12.4 Å². The number of benzene rings is 1. The quantitative estimate of drug-likeness (QED) is 0.456. The topological polar surface area (TPSA) is 73.5 Å². The summed E-state index contributed by atoms with van der Waals surface area (Å²) in [5.41, 5.74) is 4.43. The fourth-order valence-corrected chi connectivity index (χ4v) is 4.09. The summed E-state index contributed by atoms with van der Waals surface area (Å²) < 4.78 is 29.3. The number of nitrogens with one attached hydrogen (secondary N) is 1. The lowest BCUT2D eigenvalue weighted by atomic mass is 10.1. The Morgan fingerprint density at radius 2 is 1.55 bits per heavy atom.